The molecule has 0 saturated heterocycles. The SMILES string of the molecule is C=CCN(C(=O)OC(C)(C)C)[C@@H](Cc1ccccc1)C(=O)N(C)Cc1ccccc1OC. The number of ether oxygens (including phenoxy) is 2. The summed E-state index contributed by atoms with van der Waals surface area (Å²) in [5.41, 5.74) is 1.16. The first-order chi connectivity index (χ1) is 15.2. The molecule has 2 amide bonds. The second-order valence-electron chi connectivity index (χ2n) is 8.63. The number of benzene rings is 2. The molecular weight excluding hydrogens is 404 g/mol. The molecule has 0 radical (unpaired) electrons. The molecular formula is C26H34N2O4. The molecule has 172 valence electrons. The molecule has 0 bridgehead atoms. The fraction of sp³-hybridized carbons (Fsp3) is 0.385. The van der Waals surface area contributed by atoms with Gasteiger partial charge in [0.2, 0.25) is 5.91 Å². The third kappa shape index (κ3) is 7.15. The van der Waals surface area contributed by atoms with Crippen LogP contribution in [0.1, 0.15) is 31.9 Å². The summed E-state index contributed by atoms with van der Waals surface area (Å²) in [6.45, 7) is 9.73. The summed E-state index contributed by atoms with van der Waals surface area (Å²) in [5, 5.41) is 0. The Bertz CT molecular complexity index is 906. The van der Waals surface area contributed by atoms with Crippen molar-refractivity contribution in [2.45, 2.75) is 45.4 Å². The van der Waals surface area contributed by atoms with E-state index in [0.717, 1.165) is 11.1 Å². The minimum Gasteiger partial charge on any atom is -0.496 e. The molecule has 6 heteroatoms. The third-order valence-corrected chi connectivity index (χ3v) is 4.86. The van der Waals surface area contributed by atoms with Gasteiger partial charge >= 0.3 is 6.09 Å². The number of methoxy groups -OCH3 is 1. The summed E-state index contributed by atoms with van der Waals surface area (Å²) in [6, 6.07) is 16.5. The number of carbonyl (C=O) groups excluding carboxylic acids is 2. The van der Waals surface area contributed by atoms with Crippen molar-refractivity contribution in [3.05, 3.63) is 78.4 Å². The topological polar surface area (TPSA) is 59.1 Å². The van der Waals surface area contributed by atoms with E-state index >= 15 is 0 Å². The average molecular weight is 439 g/mol. The first-order valence-electron chi connectivity index (χ1n) is 10.7. The van der Waals surface area contributed by atoms with Crippen LogP contribution in [0.2, 0.25) is 0 Å². The van der Waals surface area contributed by atoms with Crippen LogP contribution in [-0.2, 0) is 22.5 Å². The van der Waals surface area contributed by atoms with Crippen molar-refractivity contribution in [1.29, 1.82) is 0 Å². The molecule has 0 aliphatic rings. The van der Waals surface area contributed by atoms with Crippen molar-refractivity contribution < 1.29 is 19.1 Å². The Morgan fingerprint density at radius 3 is 2.28 bits per heavy atom. The van der Waals surface area contributed by atoms with Crippen LogP contribution in [0.25, 0.3) is 0 Å². The largest absolute Gasteiger partial charge is 0.496 e. The second kappa shape index (κ2) is 11.4. The van der Waals surface area contributed by atoms with Crippen LogP contribution in [0.4, 0.5) is 4.79 Å². The van der Waals surface area contributed by atoms with Crippen molar-refractivity contribution in [3.8, 4) is 5.75 Å². The zero-order valence-electron chi connectivity index (χ0n) is 19.7. The van der Waals surface area contributed by atoms with Gasteiger partial charge < -0.3 is 14.4 Å². The number of likely N-dealkylation sites (N-methyl/N-ethyl adjacent to an activating group) is 1. The van der Waals surface area contributed by atoms with Gasteiger partial charge in [-0.3, -0.25) is 9.69 Å². The molecule has 0 unspecified atom stereocenters. The van der Waals surface area contributed by atoms with E-state index in [1.807, 2.05) is 54.6 Å². The molecule has 0 heterocycles. The van der Waals surface area contributed by atoms with E-state index in [1.165, 1.54) is 4.90 Å². The molecule has 0 N–H and O–H groups in total. The van der Waals surface area contributed by atoms with Crippen LogP contribution in [-0.4, -0.2) is 54.1 Å². The summed E-state index contributed by atoms with van der Waals surface area (Å²) in [6.07, 6.45) is 1.43. The number of carbonyl (C=O) groups is 2. The van der Waals surface area contributed by atoms with Crippen molar-refractivity contribution in [3.63, 3.8) is 0 Å². The summed E-state index contributed by atoms with van der Waals surface area (Å²) >= 11 is 0. The van der Waals surface area contributed by atoms with Gasteiger partial charge in [0.15, 0.2) is 0 Å². The normalized spacial score (nSPS) is 11.9. The lowest BCUT2D eigenvalue weighted by molar-refractivity contribution is -0.136. The molecule has 0 saturated carbocycles. The number of hydrogen-bond acceptors (Lipinski definition) is 4. The molecule has 6 nitrogen and oxygen atoms in total. The molecule has 0 fully saturated rings. The van der Waals surface area contributed by atoms with E-state index in [2.05, 4.69) is 6.58 Å². The van der Waals surface area contributed by atoms with E-state index in [4.69, 9.17) is 9.47 Å². The van der Waals surface area contributed by atoms with Crippen molar-refractivity contribution >= 4 is 12.0 Å². The second-order valence-corrected chi connectivity index (χ2v) is 8.63. The monoisotopic (exact) mass is 438 g/mol. The van der Waals surface area contributed by atoms with Crippen LogP contribution in [0.5, 0.6) is 5.75 Å². The molecule has 0 spiro atoms. The van der Waals surface area contributed by atoms with E-state index in [-0.39, 0.29) is 12.5 Å². The number of para-hydroxylation sites is 1. The first-order valence-corrected chi connectivity index (χ1v) is 10.7. The van der Waals surface area contributed by atoms with Gasteiger partial charge in [-0.05, 0) is 32.4 Å². The molecule has 0 aromatic heterocycles. The highest BCUT2D eigenvalue weighted by Gasteiger charge is 2.34. The first kappa shape index (κ1) is 25.0. The molecule has 2 aromatic carbocycles. The molecule has 2 aromatic rings. The lowest BCUT2D eigenvalue weighted by atomic mass is 10.0. The minimum atomic E-state index is -0.745. The van der Waals surface area contributed by atoms with Gasteiger partial charge in [-0.15, -0.1) is 6.58 Å². The predicted molar refractivity (Wildman–Crippen MR) is 127 cm³/mol. The lowest BCUT2D eigenvalue weighted by Crippen LogP contribution is -2.52. The van der Waals surface area contributed by atoms with E-state index < -0.39 is 17.7 Å². The zero-order valence-corrected chi connectivity index (χ0v) is 19.7. The van der Waals surface area contributed by atoms with Crippen LogP contribution < -0.4 is 4.74 Å². The summed E-state index contributed by atoms with van der Waals surface area (Å²) < 4.78 is 11.0. The number of hydrogen-bond donors (Lipinski definition) is 0. The van der Waals surface area contributed by atoms with Gasteiger partial charge in [0.25, 0.3) is 0 Å². The highest BCUT2D eigenvalue weighted by Crippen LogP contribution is 2.21. The van der Waals surface area contributed by atoms with Gasteiger partial charge in [-0.25, -0.2) is 4.79 Å². The van der Waals surface area contributed by atoms with Crippen LogP contribution in [0, 0.1) is 0 Å². The molecule has 0 aliphatic heterocycles. The molecule has 0 aliphatic carbocycles. The number of nitrogens with zero attached hydrogens (tertiary/aromatic N) is 2. The Morgan fingerprint density at radius 1 is 1.06 bits per heavy atom. The molecule has 32 heavy (non-hydrogen) atoms. The molecule has 1 atom stereocenters. The predicted octanol–water partition coefficient (Wildman–Crippen LogP) is 4.69. The van der Waals surface area contributed by atoms with E-state index in [1.54, 1.807) is 45.9 Å². The Labute approximate surface area is 191 Å². The Hall–Kier alpha value is -3.28. The summed E-state index contributed by atoms with van der Waals surface area (Å²) in [7, 11) is 3.33. The van der Waals surface area contributed by atoms with E-state index in [0.29, 0.717) is 18.7 Å². The van der Waals surface area contributed by atoms with Gasteiger partial charge in [-0.1, -0.05) is 54.6 Å². The standard InChI is InChI=1S/C26H34N2O4/c1-7-17-28(25(30)32-26(2,3)4)22(18-20-13-9-8-10-14-20)24(29)27(5)19-21-15-11-12-16-23(21)31-6/h7-16,22H,1,17-19H2,2-6H3/t22-/m0/s1. The minimum absolute atomic E-state index is 0.188. The quantitative estimate of drug-likeness (QED) is 0.533. The fourth-order valence-corrected chi connectivity index (χ4v) is 3.38. The van der Waals surface area contributed by atoms with Crippen molar-refractivity contribution in [1.82, 2.24) is 9.80 Å². The van der Waals surface area contributed by atoms with Crippen molar-refractivity contribution in [2.24, 2.45) is 0 Å². The third-order valence-electron chi connectivity index (χ3n) is 4.86. The maximum absolute atomic E-state index is 13.6. The van der Waals surface area contributed by atoms with Crippen LogP contribution in [0.15, 0.2) is 67.3 Å². The molecule has 2 rings (SSSR count). The Balaban J connectivity index is 2.36. The Kier molecular flexibility index (Phi) is 8.88. The maximum Gasteiger partial charge on any atom is 0.411 e. The Morgan fingerprint density at radius 2 is 1.69 bits per heavy atom. The summed E-state index contributed by atoms with van der Waals surface area (Å²) in [5.74, 6) is 0.523. The fourth-order valence-electron chi connectivity index (χ4n) is 3.38. The van der Waals surface area contributed by atoms with Gasteiger partial charge in [0, 0.05) is 32.1 Å². The average Bonchev–Trinajstić information content (AvgIpc) is 2.75. The van der Waals surface area contributed by atoms with Gasteiger partial charge in [0.1, 0.15) is 17.4 Å². The smallest absolute Gasteiger partial charge is 0.411 e. The van der Waals surface area contributed by atoms with Gasteiger partial charge in [0.05, 0.1) is 7.11 Å². The van der Waals surface area contributed by atoms with E-state index in [9.17, 15) is 9.59 Å². The summed E-state index contributed by atoms with van der Waals surface area (Å²) in [4.78, 5) is 29.7. The number of amides is 2. The lowest BCUT2D eigenvalue weighted by Gasteiger charge is -2.34. The number of rotatable bonds is 9. The van der Waals surface area contributed by atoms with Crippen LogP contribution in [0.3, 0.4) is 0 Å². The van der Waals surface area contributed by atoms with Gasteiger partial charge in [-0.2, -0.15) is 0 Å². The maximum atomic E-state index is 13.6. The van der Waals surface area contributed by atoms with Crippen LogP contribution >= 0.6 is 0 Å². The highest BCUT2D eigenvalue weighted by atomic mass is 16.6. The zero-order chi connectivity index (χ0) is 23.7. The van der Waals surface area contributed by atoms with Crippen molar-refractivity contribution in [2.75, 3.05) is 20.7 Å². The highest BCUT2D eigenvalue weighted by molar-refractivity contribution is 5.86.